The van der Waals surface area contributed by atoms with Crippen molar-refractivity contribution in [3.05, 3.63) is 0 Å². The molecule has 0 spiro atoms. The number of sulfone groups is 1. The number of likely N-dealkylation sites (N-methyl/N-ethyl adjacent to an activating group) is 1. The predicted octanol–water partition coefficient (Wildman–Crippen LogP) is 0.410. The van der Waals surface area contributed by atoms with Gasteiger partial charge in [-0.2, -0.15) is 0 Å². The zero-order valence-electron chi connectivity index (χ0n) is 11.5. The number of hydrogen-bond acceptors (Lipinski definition) is 4. The Kier molecular flexibility index (Phi) is 5.59. The van der Waals surface area contributed by atoms with Crippen molar-refractivity contribution in [3.63, 3.8) is 0 Å². The molecular weight excluding hydrogens is 252 g/mol. The van der Waals surface area contributed by atoms with E-state index in [4.69, 9.17) is 0 Å². The van der Waals surface area contributed by atoms with Gasteiger partial charge in [0.1, 0.15) is 0 Å². The molecule has 1 amide bonds. The molecule has 0 radical (unpaired) electrons. The first-order valence-electron chi connectivity index (χ1n) is 6.64. The summed E-state index contributed by atoms with van der Waals surface area (Å²) in [6.07, 6.45) is 1.52. The Labute approximate surface area is 110 Å². The minimum absolute atomic E-state index is 0.0444. The minimum atomic E-state index is -2.92. The SMILES string of the molecule is CCN(CC)C(=O)C(C)NC1CCCS(=O)(=O)C1. The van der Waals surface area contributed by atoms with Crippen molar-refractivity contribution < 1.29 is 13.2 Å². The Morgan fingerprint density at radius 3 is 2.50 bits per heavy atom. The maximum Gasteiger partial charge on any atom is 0.239 e. The molecular formula is C12H24N2O3S. The molecule has 1 fully saturated rings. The number of amides is 1. The standard InChI is InChI=1S/C12H24N2O3S/c1-4-14(5-2)12(15)10(3)13-11-7-6-8-18(16,17)9-11/h10-11,13H,4-9H2,1-3H3. The van der Waals surface area contributed by atoms with E-state index in [0.717, 1.165) is 6.42 Å². The molecule has 6 heteroatoms. The van der Waals surface area contributed by atoms with E-state index >= 15 is 0 Å². The van der Waals surface area contributed by atoms with Crippen molar-refractivity contribution >= 4 is 15.7 Å². The first-order chi connectivity index (χ1) is 8.39. The van der Waals surface area contributed by atoms with Gasteiger partial charge in [-0.25, -0.2) is 8.42 Å². The maximum absolute atomic E-state index is 12.1. The molecule has 1 rings (SSSR count). The van der Waals surface area contributed by atoms with Crippen LogP contribution in [-0.2, 0) is 14.6 Å². The summed E-state index contributed by atoms with van der Waals surface area (Å²) < 4.78 is 23.0. The van der Waals surface area contributed by atoms with Gasteiger partial charge in [-0.05, 0) is 33.6 Å². The highest BCUT2D eigenvalue weighted by atomic mass is 32.2. The third-order valence-corrected chi connectivity index (χ3v) is 5.22. The van der Waals surface area contributed by atoms with Crippen LogP contribution in [0.15, 0.2) is 0 Å². The molecule has 0 aromatic rings. The van der Waals surface area contributed by atoms with Gasteiger partial charge in [0.25, 0.3) is 0 Å². The summed E-state index contributed by atoms with van der Waals surface area (Å²) in [5.41, 5.74) is 0. The quantitative estimate of drug-likeness (QED) is 0.790. The Hall–Kier alpha value is -0.620. The first kappa shape index (κ1) is 15.4. The molecule has 0 bridgehead atoms. The number of carbonyl (C=O) groups excluding carboxylic acids is 1. The van der Waals surface area contributed by atoms with Gasteiger partial charge in [0.2, 0.25) is 5.91 Å². The number of nitrogens with one attached hydrogen (secondary N) is 1. The van der Waals surface area contributed by atoms with Crippen molar-refractivity contribution in [1.29, 1.82) is 0 Å². The fourth-order valence-corrected chi connectivity index (χ4v) is 4.04. The molecule has 0 saturated carbocycles. The van der Waals surface area contributed by atoms with E-state index in [-0.39, 0.29) is 29.5 Å². The van der Waals surface area contributed by atoms with Crippen LogP contribution in [0.4, 0.5) is 0 Å². The molecule has 106 valence electrons. The normalized spacial score (nSPS) is 24.5. The summed E-state index contributed by atoms with van der Waals surface area (Å²) in [7, 11) is -2.92. The Morgan fingerprint density at radius 2 is 2.00 bits per heavy atom. The molecule has 2 atom stereocenters. The average Bonchev–Trinajstić information content (AvgIpc) is 2.29. The molecule has 1 aliphatic rings. The van der Waals surface area contributed by atoms with Crippen LogP contribution >= 0.6 is 0 Å². The van der Waals surface area contributed by atoms with Gasteiger partial charge in [0.05, 0.1) is 17.5 Å². The predicted molar refractivity (Wildman–Crippen MR) is 72.2 cm³/mol. The van der Waals surface area contributed by atoms with Crippen LogP contribution in [0.5, 0.6) is 0 Å². The van der Waals surface area contributed by atoms with Gasteiger partial charge in [-0.3, -0.25) is 4.79 Å². The lowest BCUT2D eigenvalue weighted by Crippen LogP contribution is -2.51. The molecule has 5 nitrogen and oxygen atoms in total. The van der Waals surface area contributed by atoms with E-state index in [1.165, 1.54) is 0 Å². The topological polar surface area (TPSA) is 66.5 Å². The van der Waals surface area contributed by atoms with Gasteiger partial charge >= 0.3 is 0 Å². The van der Waals surface area contributed by atoms with Crippen molar-refractivity contribution in [2.45, 2.75) is 45.7 Å². The van der Waals surface area contributed by atoms with E-state index in [1.54, 1.807) is 4.90 Å². The highest BCUT2D eigenvalue weighted by molar-refractivity contribution is 7.91. The number of hydrogen-bond donors (Lipinski definition) is 1. The molecule has 0 aromatic carbocycles. The van der Waals surface area contributed by atoms with Crippen LogP contribution in [0.1, 0.15) is 33.6 Å². The number of nitrogens with zero attached hydrogens (tertiary/aromatic N) is 1. The number of rotatable bonds is 5. The summed E-state index contributed by atoms with van der Waals surface area (Å²) in [4.78, 5) is 13.8. The molecule has 0 aromatic heterocycles. The highest BCUT2D eigenvalue weighted by Gasteiger charge is 2.28. The minimum Gasteiger partial charge on any atom is -0.342 e. The van der Waals surface area contributed by atoms with Crippen molar-refractivity contribution in [2.75, 3.05) is 24.6 Å². The first-order valence-corrected chi connectivity index (χ1v) is 8.47. The van der Waals surface area contributed by atoms with E-state index < -0.39 is 9.84 Å². The lowest BCUT2D eigenvalue weighted by atomic mass is 10.1. The van der Waals surface area contributed by atoms with Crippen molar-refractivity contribution in [3.8, 4) is 0 Å². The summed E-state index contributed by atoms with van der Waals surface area (Å²) in [5, 5.41) is 3.15. The Balaban J connectivity index is 2.54. The van der Waals surface area contributed by atoms with Gasteiger partial charge in [-0.1, -0.05) is 0 Å². The van der Waals surface area contributed by atoms with Crippen LogP contribution in [0.3, 0.4) is 0 Å². The molecule has 0 aliphatic carbocycles. The highest BCUT2D eigenvalue weighted by Crippen LogP contribution is 2.13. The van der Waals surface area contributed by atoms with Crippen LogP contribution < -0.4 is 5.32 Å². The van der Waals surface area contributed by atoms with Crippen LogP contribution in [0.25, 0.3) is 0 Å². The second-order valence-electron chi connectivity index (χ2n) is 4.85. The third kappa shape index (κ3) is 4.24. The van der Waals surface area contributed by atoms with E-state index in [0.29, 0.717) is 19.5 Å². The van der Waals surface area contributed by atoms with Crippen LogP contribution in [0, 0.1) is 0 Å². The molecule has 1 saturated heterocycles. The Bertz CT molecular complexity index is 377. The summed E-state index contributed by atoms with van der Waals surface area (Å²) >= 11 is 0. The third-order valence-electron chi connectivity index (χ3n) is 3.39. The second-order valence-corrected chi connectivity index (χ2v) is 7.08. The lowest BCUT2D eigenvalue weighted by Gasteiger charge is -2.29. The van der Waals surface area contributed by atoms with Crippen LogP contribution in [0.2, 0.25) is 0 Å². The Morgan fingerprint density at radius 1 is 1.39 bits per heavy atom. The van der Waals surface area contributed by atoms with E-state index in [2.05, 4.69) is 5.32 Å². The summed E-state index contributed by atoms with van der Waals surface area (Å²) in [5.74, 6) is 0.481. The van der Waals surface area contributed by atoms with Crippen molar-refractivity contribution in [1.82, 2.24) is 10.2 Å². The van der Waals surface area contributed by atoms with Gasteiger partial charge < -0.3 is 10.2 Å². The van der Waals surface area contributed by atoms with Gasteiger partial charge in [0, 0.05) is 19.1 Å². The summed E-state index contributed by atoms with van der Waals surface area (Å²) in [6, 6.07) is -0.401. The lowest BCUT2D eigenvalue weighted by molar-refractivity contribution is -0.132. The molecule has 18 heavy (non-hydrogen) atoms. The molecule has 1 heterocycles. The van der Waals surface area contributed by atoms with Crippen LogP contribution in [-0.4, -0.2) is 55.9 Å². The number of carbonyl (C=O) groups is 1. The zero-order valence-corrected chi connectivity index (χ0v) is 12.3. The van der Waals surface area contributed by atoms with Gasteiger partial charge in [-0.15, -0.1) is 0 Å². The molecule has 2 unspecified atom stereocenters. The fourth-order valence-electron chi connectivity index (χ4n) is 2.39. The average molecular weight is 276 g/mol. The smallest absolute Gasteiger partial charge is 0.239 e. The van der Waals surface area contributed by atoms with E-state index in [1.807, 2.05) is 20.8 Å². The van der Waals surface area contributed by atoms with Gasteiger partial charge in [0.15, 0.2) is 9.84 Å². The molecule has 1 N–H and O–H groups in total. The molecule has 1 aliphatic heterocycles. The second kappa shape index (κ2) is 6.52. The van der Waals surface area contributed by atoms with E-state index in [9.17, 15) is 13.2 Å². The largest absolute Gasteiger partial charge is 0.342 e. The summed E-state index contributed by atoms with van der Waals surface area (Å²) in [6.45, 7) is 7.06. The monoisotopic (exact) mass is 276 g/mol. The van der Waals surface area contributed by atoms with Crippen molar-refractivity contribution in [2.24, 2.45) is 0 Å². The zero-order chi connectivity index (χ0) is 13.8. The fraction of sp³-hybridized carbons (Fsp3) is 0.917. The maximum atomic E-state index is 12.1.